The van der Waals surface area contributed by atoms with Crippen LogP contribution < -0.4 is 10.2 Å². The van der Waals surface area contributed by atoms with Crippen molar-refractivity contribution in [1.82, 2.24) is 35.3 Å². The fourth-order valence-corrected chi connectivity index (χ4v) is 2.54. The highest BCUT2D eigenvalue weighted by Gasteiger charge is 2.31. The van der Waals surface area contributed by atoms with E-state index < -0.39 is 0 Å². The summed E-state index contributed by atoms with van der Waals surface area (Å²) in [6, 6.07) is 1.79. The van der Waals surface area contributed by atoms with E-state index in [0.717, 1.165) is 11.2 Å². The van der Waals surface area contributed by atoms with Crippen molar-refractivity contribution in [1.29, 1.82) is 0 Å². The van der Waals surface area contributed by atoms with Crippen molar-refractivity contribution in [3.8, 4) is 0 Å². The van der Waals surface area contributed by atoms with Crippen LogP contribution in [0.1, 0.15) is 10.5 Å². The summed E-state index contributed by atoms with van der Waals surface area (Å²) in [6.45, 7) is 1.41. The van der Waals surface area contributed by atoms with E-state index in [-0.39, 0.29) is 11.9 Å². The molecule has 0 atom stereocenters. The molecule has 0 saturated carbocycles. The summed E-state index contributed by atoms with van der Waals surface area (Å²) in [5.74, 6) is 0.684. The largest absolute Gasteiger partial charge is 0.352 e. The van der Waals surface area contributed by atoms with Crippen LogP contribution in [0.15, 0.2) is 24.8 Å². The summed E-state index contributed by atoms with van der Waals surface area (Å²) < 4.78 is 1.61. The van der Waals surface area contributed by atoms with Crippen LogP contribution in [0.3, 0.4) is 0 Å². The molecule has 0 aliphatic carbocycles. The van der Waals surface area contributed by atoms with Gasteiger partial charge in [0.2, 0.25) is 0 Å². The Kier molecular flexibility index (Phi) is 2.78. The lowest BCUT2D eigenvalue weighted by atomic mass is 10.1. The summed E-state index contributed by atoms with van der Waals surface area (Å²) in [7, 11) is 1.78. The third-order valence-corrected chi connectivity index (χ3v) is 3.69. The van der Waals surface area contributed by atoms with Crippen LogP contribution in [0.2, 0.25) is 0 Å². The number of aromatic amines is 1. The lowest BCUT2D eigenvalue weighted by Gasteiger charge is -2.40. The van der Waals surface area contributed by atoms with E-state index in [4.69, 9.17) is 0 Å². The minimum atomic E-state index is -0.151. The molecule has 22 heavy (non-hydrogen) atoms. The van der Waals surface area contributed by atoms with E-state index in [2.05, 4.69) is 35.5 Å². The SMILES string of the molecule is Cn1ccc(C(=O)NC2CN(c3ncnc4[nH]ncc34)C2)n1. The first kappa shape index (κ1) is 12.7. The number of nitrogens with one attached hydrogen (secondary N) is 2. The van der Waals surface area contributed by atoms with Gasteiger partial charge in [0, 0.05) is 26.3 Å². The summed E-state index contributed by atoms with van der Waals surface area (Å²) in [6.07, 6.45) is 4.97. The fourth-order valence-electron chi connectivity index (χ4n) is 2.54. The van der Waals surface area contributed by atoms with E-state index in [1.54, 1.807) is 30.2 Å². The minimum Gasteiger partial charge on any atom is -0.352 e. The number of carbonyl (C=O) groups excluding carboxylic acids is 1. The smallest absolute Gasteiger partial charge is 0.272 e. The van der Waals surface area contributed by atoms with Crippen molar-refractivity contribution in [3.63, 3.8) is 0 Å². The molecule has 9 heteroatoms. The van der Waals surface area contributed by atoms with Gasteiger partial charge in [-0.3, -0.25) is 14.6 Å². The molecule has 0 radical (unpaired) electrons. The Morgan fingerprint density at radius 3 is 3.05 bits per heavy atom. The normalized spacial score (nSPS) is 15.0. The van der Waals surface area contributed by atoms with E-state index in [1.165, 1.54) is 6.33 Å². The number of anilines is 1. The zero-order valence-corrected chi connectivity index (χ0v) is 11.9. The quantitative estimate of drug-likeness (QED) is 0.688. The number of aromatic nitrogens is 6. The second-order valence-electron chi connectivity index (χ2n) is 5.28. The Morgan fingerprint density at radius 2 is 2.27 bits per heavy atom. The van der Waals surface area contributed by atoms with Crippen LogP contribution in [-0.2, 0) is 7.05 Å². The number of rotatable bonds is 3. The van der Waals surface area contributed by atoms with Gasteiger partial charge in [0.1, 0.15) is 17.8 Å². The maximum atomic E-state index is 12.0. The van der Waals surface area contributed by atoms with Crippen molar-refractivity contribution in [2.75, 3.05) is 18.0 Å². The van der Waals surface area contributed by atoms with Crippen LogP contribution in [0.5, 0.6) is 0 Å². The average Bonchev–Trinajstić information content (AvgIpc) is 3.10. The number of amides is 1. The monoisotopic (exact) mass is 298 g/mol. The van der Waals surface area contributed by atoms with Gasteiger partial charge < -0.3 is 10.2 Å². The van der Waals surface area contributed by atoms with E-state index in [1.807, 2.05) is 0 Å². The lowest BCUT2D eigenvalue weighted by Crippen LogP contribution is -2.59. The van der Waals surface area contributed by atoms with Crippen molar-refractivity contribution in [2.45, 2.75) is 6.04 Å². The van der Waals surface area contributed by atoms with Crippen molar-refractivity contribution in [2.24, 2.45) is 7.05 Å². The molecule has 112 valence electrons. The maximum Gasteiger partial charge on any atom is 0.272 e. The van der Waals surface area contributed by atoms with Gasteiger partial charge in [-0.2, -0.15) is 10.2 Å². The van der Waals surface area contributed by atoms with Crippen LogP contribution in [0, 0.1) is 0 Å². The molecule has 1 aliphatic rings. The molecule has 0 unspecified atom stereocenters. The first-order valence-electron chi connectivity index (χ1n) is 6.90. The third kappa shape index (κ3) is 2.07. The van der Waals surface area contributed by atoms with Crippen LogP contribution >= 0.6 is 0 Å². The lowest BCUT2D eigenvalue weighted by molar-refractivity contribution is 0.0924. The molecule has 1 aliphatic heterocycles. The molecule has 4 heterocycles. The molecule has 3 aromatic rings. The molecule has 2 N–H and O–H groups in total. The first-order valence-corrected chi connectivity index (χ1v) is 6.90. The Balaban J connectivity index is 1.42. The molecule has 3 aromatic heterocycles. The van der Waals surface area contributed by atoms with Crippen molar-refractivity contribution < 1.29 is 4.79 Å². The molecule has 1 amide bonds. The predicted molar refractivity (Wildman–Crippen MR) is 78.4 cm³/mol. The second kappa shape index (κ2) is 4.79. The fraction of sp³-hybridized carbons (Fsp3) is 0.308. The number of nitrogens with zero attached hydrogens (tertiary/aromatic N) is 6. The zero-order valence-electron chi connectivity index (χ0n) is 11.9. The third-order valence-electron chi connectivity index (χ3n) is 3.69. The molecular formula is C13H14N8O. The highest BCUT2D eigenvalue weighted by molar-refractivity contribution is 5.93. The summed E-state index contributed by atoms with van der Waals surface area (Å²) >= 11 is 0. The van der Waals surface area contributed by atoms with E-state index in [0.29, 0.717) is 24.4 Å². The molecule has 9 nitrogen and oxygen atoms in total. The number of hydrogen-bond acceptors (Lipinski definition) is 6. The van der Waals surface area contributed by atoms with Gasteiger partial charge in [-0.05, 0) is 6.07 Å². The highest BCUT2D eigenvalue weighted by Crippen LogP contribution is 2.25. The van der Waals surface area contributed by atoms with Gasteiger partial charge in [0.25, 0.3) is 5.91 Å². The predicted octanol–water partition coefficient (Wildman–Crippen LogP) is -0.295. The number of H-pyrrole nitrogens is 1. The Bertz CT molecular complexity index is 831. The molecule has 1 saturated heterocycles. The molecule has 0 bridgehead atoms. The summed E-state index contributed by atoms with van der Waals surface area (Å²) in [4.78, 5) is 22.5. The summed E-state index contributed by atoms with van der Waals surface area (Å²) in [5.41, 5.74) is 1.14. The van der Waals surface area contributed by atoms with Crippen molar-refractivity contribution in [3.05, 3.63) is 30.5 Å². The maximum absolute atomic E-state index is 12.0. The number of aryl methyl sites for hydroxylation is 1. The second-order valence-corrected chi connectivity index (χ2v) is 5.28. The Labute approximate surface area is 125 Å². The first-order chi connectivity index (χ1) is 10.7. The number of hydrogen-bond donors (Lipinski definition) is 2. The van der Waals surface area contributed by atoms with E-state index >= 15 is 0 Å². The Morgan fingerprint density at radius 1 is 1.41 bits per heavy atom. The molecule has 0 aromatic carbocycles. The van der Waals surface area contributed by atoms with Gasteiger partial charge >= 0.3 is 0 Å². The van der Waals surface area contributed by atoms with Crippen molar-refractivity contribution >= 4 is 22.8 Å². The number of carbonyl (C=O) groups is 1. The minimum absolute atomic E-state index is 0.0893. The van der Waals surface area contributed by atoms with E-state index in [9.17, 15) is 4.79 Å². The van der Waals surface area contributed by atoms with Gasteiger partial charge in [-0.25, -0.2) is 9.97 Å². The highest BCUT2D eigenvalue weighted by atomic mass is 16.2. The van der Waals surface area contributed by atoms with Crippen LogP contribution in [0.25, 0.3) is 11.0 Å². The van der Waals surface area contributed by atoms with Gasteiger partial charge in [-0.15, -0.1) is 0 Å². The summed E-state index contributed by atoms with van der Waals surface area (Å²) in [5, 5.41) is 14.7. The van der Waals surface area contributed by atoms with Gasteiger partial charge in [0.05, 0.1) is 17.6 Å². The standard InChI is InChI=1S/C13H14N8O/c1-20-3-2-10(19-20)13(22)17-8-5-21(6-8)12-9-4-16-18-11(9)14-7-15-12/h2-4,7-8H,5-6H2,1H3,(H,17,22)(H,14,15,16,18). The zero-order chi connectivity index (χ0) is 15.1. The topological polar surface area (TPSA) is 105 Å². The van der Waals surface area contributed by atoms with Gasteiger partial charge in [-0.1, -0.05) is 0 Å². The molecular weight excluding hydrogens is 284 g/mol. The van der Waals surface area contributed by atoms with Crippen LogP contribution in [-0.4, -0.2) is 55.0 Å². The molecule has 4 rings (SSSR count). The van der Waals surface area contributed by atoms with Crippen LogP contribution in [0.4, 0.5) is 5.82 Å². The van der Waals surface area contributed by atoms with Gasteiger partial charge in [0.15, 0.2) is 5.65 Å². The average molecular weight is 298 g/mol. The number of fused-ring (bicyclic) bond motifs is 1. The molecule has 0 spiro atoms. The molecule has 1 fully saturated rings. The Hall–Kier alpha value is -2.97.